The van der Waals surface area contributed by atoms with Crippen molar-refractivity contribution in [3.05, 3.63) is 88.6 Å². The fourth-order valence-electron chi connectivity index (χ4n) is 3.52. The van der Waals surface area contributed by atoms with Crippen LogP contribution >= 0.6 is 11.6 Å². The first-order valence-corrected chi connectivity index (χ1v) is 11.6. The van der Waals surface area contributed by atoms with E-state index in [2.05, 4.69) is 5.10 Å². The highest BCUT2D eigenvalue weighted by molar-refractivity contribution is 7.90. The Morgan fingerprint density at radius 1 is 1.09 bits per heavy atom. The van der Waals surface area contributed by atoms with Crippen molar-refractivity contribution >= 4 is 38.3 Å². The molecule has 0 spiro atoms. The predicted molar refractivity (Wildman–Crippen MR) is 120 cm³/mol. The Kier molecular flexibility index (Phi) is 6.13. The van der Waals surface area contributed by atoms with Crippen LogP contribution in [0, 0.1) is 0 Å². The normalized spacial score (nSPS) is 12.1. The van der Waals surface area contributed by atoms with Gasteiger partial charge in [-0.2, -0.15) is 30.8 Å². The highest BCUT2D eigenvalue weighted by atomic mass is 35.5. The molecule has 3 aromatic carbocycles. The van der Waals surface area contributed by atoms with E-state index in [0.717, 1.165) is 16.2 Å². The Balaban J connectivity index is 1.74. The van der Waals surface area contributed by atoms with E-state index in [4.69, 9.17) is 16.3 Å². The molecule has 11 heteroatoms. The molecule has 176 valence electrons. The topological polar surface area (TPSA) is 78.3 Å². The van der Waals surface area contributed by atoms with E-state index in [9.17, 15) is 26.4 Å². The van der Waals surface area contributed by atoms with Gasteiger partial charge in [0.15, 0.2) is 5.78 Å². The molecule has 1 heterocycles. The van der Waals surface area contributed by atoms with Gasteiger partial charge in [0.05, 0.1) is 34.3 Å². The van der Waals surface area contributed by atoms with Crippen molar-refractivity contribution in [3.8, 4) is 5.75 Å². The number of halogens is 4. The molecule has 34 heavy (non-hydrogen) atoms. The fourth-order valence-corrected chi connectivity index (χ4v) is 5.11. The molecule has 0 radical (unpaired) electrons. The third-order valence-corrected chi connectivity index (χ3v) is 7.04. The summed E-state index contributed by atoms with van der Waals surface area (Å²) in [5.74, 6) is -0.511. The number of alkyl halides is 3. The molecule has 0 atom stereocenters. The van der Waals surface area contributed by atoms with Crippen molar-refractivity contribution in [2.24, 2.45) is 0 Å². The van der Waals surface area contributed by atoms with E-state index in [0.29, 0.717) is 16.7 Å². The van der Waals surface area contributed by atoms with E-state index >= 15 is 0 Å². The van der Waals surface area contributed by atoms with Gasteiger partial charge in [-0.05, 0) is 35.9 Å². The standard InChI is InChI=1S/C23H16ClF3N2O4S/c1-33-16-4-2-5-17(12-16)34(31,32)29-20-10-14(8-9-15(20)13-28-29)11-21(30)22-18(23(25,26)27)6-3-7-19(22)24/h2-10,12-13H,11H2,1H3. The van der Waals surface area contributed by atoms with Crippen LogP contribution in [0.2, 0.25) is 5.02 Å². The van der Waals surface area contributed by atoms with Gasteiger partial charge >= 0.3 is 6.18 Å². The molecule has 0 saturated carbocycles. The van der Waals surface area contributed by atoms with Crippen molar-refractivity contribution in [1.29, 1.82) is 0 Å². The van der Waals surface area contributed by atoms with Crippen LogP contribution < -0.4 is 4.74 Å². The molecule has 0 saturated heterocycles. The van der Waals surface area contributed by atoms with E-state index in [-0.39, 0.29) is 15.4 Å². The lowest BCUT2D eigenvalue weighted by Crippen LogP contribution is -2.16. The number of carbonyl (C=O) groups excluding carboxylic acids is 1. The van der Waals surface area contributed by atoms with Crippen LogP contribution in [0.3, 0.4) is 0 Å². The van der Waals surface area contributed by atoms with Gasteiger partial charge in [-0.3, -0.25) is 4.79 Å². The third kappa shape index (κ3) is 4.38. The summed E-state index contributed by atoms with van der Waals surface area (Å²) < 4.78 is 72.4. The molecule has 4 rings (SSSR count). The first-order chi connectivity index (χ1) is 16.0. The number of aromatic nitrogens is 2. The van der Waals surface area contributed by atoms with Gasteiger partial charge in [0.25, 0.3) is 10.0 Å². The lowest BCUT2D eigenvalue weighted by molar-refractivity contribution is -0.137. The number of Topliss-reactive ketones (excluding diaryl/α,β-unsaturated/α-hetero) is 1. The largest absolute Gasteiger partial charge is 0.497 e. The summed E-state index contributed by atoms with van der Waals surface area (Å²) in [5, 5.41) is 4.13. The van der Waals surface area contributed by atoms with Gasteiger partial charge in [0.1, 0.15) is 5.75 Å². The van der Waals surface area contributed by atoms with E-state index in [1.165, 1.54) is 49.7 Å². The van der Waals surface area contributed by atoms with Crippen molar-refractivity contribution in [1.82, 2.24) is 9.19 Å². The monoisotopic (exact) mass is 508 g/mol. The second kappa shape index (κ2) is 8.77. The van der Waals surface area contributed by atoms with Crippen molar-refractivity contribution in [2.75, 3.05) is 7.11 Å². The first-order valence-electron chi connectivity index (χ1n) is 9.77. The minimum Gasteiger partial charge on any atom is -0.497 e. The number of benzene rings is 3. The smallest absolute Gasteiger partial charge is 0.417 e. The maximum Gasteiger partial charge on any atom is 0.417 e. The number of fused-ring (bicyclic) bond motifs is 1. The van der Waals surface area contributed by atoms with Gasteiger partial charge in [0.2, 0.25) is 0 Å². The summed E-state index contributed by atoms with van der Waals surface area (Å²) >= 11 is 5.93. The molecule has 4 aromatic rings. The average molecular weight is 509 g/mol. The number of rotatable bonds is 6. The zero-order valence-corrected chi connectivity index (χ0v) is 19.1. The highest BCUT2D eigenvalue weighted by Gasteiger charge is 2.36. The van der Waals surface area contributed by atoms with Gasteiger partial charge in [0, 0.05) is 23.4 Å². The SMILES string of the molecule is COc1cccc(S(=O)(=O)n2ncc3ccc(CC(=O)c4c(Cl)cccc4C(F)(F)F)cc32)c1. The molecular weight excluding hydrogens is 493 g/mol. The summed E-state index contributed by atoms with van der Waals surface area (Å²) in [4.78, 5) is 12.7. The molecule has 0 fully saturated rings. The lowest BCUT2D eigenvalue weighted by atomic mass is 9.97. The van der Waals surface area contributed by atoms with E-state index in [1.807, 2.05) is 0 Å². The Bertz CT molecular complexity index is 1510. The quantitative estimate of drug-likeness (QED) is 0.327. The number of ketones is 1. The van der Waals surface area contributed by atoms with Crippen molar-refractivity contribution < 1.29 is 31.1 Å². The second-order valence-corrected chi connectivity index (χ2v) is 9.50. The van der Waals surface area contributed by atoms with Crippen LogP contribution in [-0.2, 0) is 22.6 Å². The summed E-state index contributed by atoms with van der Waals surface area (Å²) in [7, 11) is -2.71. The summed E-state index contributed by atoms with van der Waals surface area (Å²) in [6, 6.07) is 13.4. The maximum absolute atomic E-state index is 13.4. The molecule has 0 aliphatic carbocycles. The van der Waals surface area contributed by atoms with Crippen LogP contribution in [0.5, 0.6) is 5.75 Å². The van der Waals surface area contributed by atoms with Gasteiger partial charge < -0.3 is 4.74 Å². The average Bonchev–Trinajstić information content (AvgIpc) is 3.22. The molecule has 6 nitrogen and oxygen atoms in total. The Labute approximate surface area is 197 Å². The predicted octanol–water partition coefficient (Wildman–Crippen LogP) is 5.38. The Morgan fingerprint density at radius 2 is 1.82 bits per heavy atom. The minimum absolute atomic E-state index is 0.0655. The van der Waals surface area contributed by atoms with Crippen LogP contribution in [0.1, 0.15) is 21.5 Å². The van der Waals surface area contributed by atoms with Gasteiger partial charge in [-0.1, -0.05) is 35.9 Å². The zero-order chi connectivity index (χ0) is 24.7. The molecule has 0 N–H and O–H groups in total. The second-order valence-electron chi connectivity index (χ2n) is 7.32. The summed E-state index contributed by atoms with van der Waals surface area (Å²) in [6.07, 6.45) is -3.84. The van der Waals surface area contributed by atoms with Gasteiger partial charge in [-0.15, -0.1) is 0 Å². The lowest BCUT2D eigenvalue weighted by Gasteiger charge is -2.13. The first kappa shape index (κ1) is 23.8. The molecule has 1 aromatic heterocycles. The van der Waals surface area contributed by atoms with E-state index in [1.54, 1.807) is 12.1 Å². The zero-order valence-electron chi connectivity index (χ0n) is 17.5. The highest BCUT2D eigenvalue weighted by Crippen LogP contribution is 2.36. The van der Waals surface area contributed by atoms with Crippen molar-refractivity contribution in [3.63, 3.8) is 0 Å². The van der Waals surface area contributed by atoms with Crippen LogP contribution in [0.4, 0.5) is 13.2 Å². The number of carbonyl (C=O) groups is 1. The molecule has 0 bridgehead atoms. The molecule has 0 amide bonds. The molecule has 0 aliphatic heterocycles. The van der Waals surface area contributed by atoms with E-state index < -0.39 is 39.5 Å². The summed E-state index contributed by atoms with van der Waals surface area (Å²) in [5.41, 5.74) is -1.29. The molecule has 0 aliphatic rings. The van der Waals surface area contributed by atoms with Crippen LogP contribution in [0.15, 0.2) is 71.8 Å². The number of methoxy groups -OCH3 is 1. The van der Waals surface area contributed by atoms with Crippen LogP contribution in [0.25, 0.3) is 10.9 Å². The third-order valence-electron chi connectivity index (χ3n) is 5.13. The number of nitrogens with zero attached hydrogens (tertiary/aromatic N) is 2. The fraction of sp³-hybridized carbons (Fsp3) is 0.130. The number of ether oxygens (including phenoxy) is 1. The minimum atomic E-state index is -4.76. The Hall–Kier alpha value is -3.37. The van der Waals surface area contributed by atoms with Gasteiger partial charge in [-0.25, -0.2) is 0 Å². The molecule has 0 unspecified atom stereocenters. The number of hydrogen-bond donors (Lipinski definition) is 0. The maximum atomic E-state index is 13.4. The van der Waals surface area contributed by atoms with Crippen molar-refractivity contribution in [2.45, 2.75) is 17.5 Å². The summed E-state index contributed by atoms with van der Waals surface area (Å²) in [6.45, 7) is 0. The molecular formula is C23H16ClF3N2O4S. The Morgan fingerprint density at radius 3 is 2.53 bits per heavy atom. The van der Waals surface area contributed by atoms with Crippen LogP contribution in [-0.4, -0.2) is 30.5 Å². The number of hydrogen-bond acceptors (Lipinski definition) is 5.